The molecule has 0 saturated carbocycles. The van der Waals surface area contributed by atoms with Crippen molar-refractivity contribution in [2.75, 3.05) is 24.4 Å². The Balaban J connectivity index is 1.63. The fraction of sp³-hybridized carbons (Fsp3) is 0.158. The summed E-state index contributed by atoms with van der Waals surface area (Å²) in [4.78, 5) is 16.8. The Morgan fingerprint density at radius 1 is 1.08 bits per heavy atom. The zero-order chi connectivity index (χ0) is 18.4. The zero-order valence-corrected chi connectivity index (χ0v) is 14.7. The maximum atomic E-state index is 12.1. The number of H-pyrrole nitrogens is 1. The summed E-state index contributed by atoms with van der Waals surface area (Å²) in [5.74, 6) is 0.202. The lowest BCUT2D eigenvalue weighted by atomic mass is 10.1. The van der Waals surface area contributed by atoms with E-state index in [0.29, 0.717) is 12.1 Å². The number of hydrogen-bond acceptors (Lipinski definition) is 6. The molecule has 0 atom stereocenters. The molecule has 0 saturated heterocycles. The molecule has 3 aromatic rings. The van der Waals surface area contributed by atoms with Gasteiger partial charge in [-0.1, -0.05) is 42.5 Å². The fourth-order valence-corrected chi connectivity index (χ4v) is 2.34. The maximum Gasteiger partial charge on any atom is 0.274 e. The van der Waals surface area contributed by atoms with Crippen LogP contribution in [0, 0.1) is 0 Å². The highest BCUT2D eigenvalue weighted by atomic mass is 16.1. The summed E-state index contributed by atoms with van der Waals surface area (Å²) in [5, 5.41) is 12.0. The van der Waals surface area contributed by atoms with Crippen LogP contribution in [-0.2, 0) is 6.42 Å². The molecular formula is C19H20N6O. The molecule has 0 aliphatic carbocycles. The number of hydrogen-bond donors (Lipinski definition) is 2. The van der Waals surface area contributed by atoms with Crippen LogP contribution in [0.5, 0.6) is 0 Å². The fourth-order valence-electron chi connectivity index (χ4n) is 2.34. The van der Waals surface area contributed by atoms with Gasteiger partial charge in [0.2, 0.25) is 5.95 Å². The predicted molar refractivity (Wildman–Crippen MR) is 104 cm³/mol. The van der Waals surface area contributed by atoms with Gasteiger partial charge in [-0.25, -0.2) is 5.43 Å². The van der Waals surface area contributed by atoms with Gasteiger partial charge < -0.3 is 4.90 Å². The summed E-state index contributed by atoms with van der Waals surface area (Å²) >= 11 is 0. The third-order valence-corrected chi connectivity index (χ3v) is 3.77. The standard InChI is InChI=1S/C19H20N6O/c1-25(2)16-10-8-15(9-11-16)13-20-23-19-21-18(26)17(22-24-19)12-14-6-4-3-5-7-14/h3-11,13H,12H2,1-2H3,(H2,21,23,24,26)/b20-13+. The molecule has 3 rings (SSSR count). The van der Waals surface area contributed by atoms with Crippen molar-refractivity contribution in [1.82, 2.24) is 15.2 Å². The normalized spacial score (nSPS) is 10.8. The largest absolute Gasteiger partial charge is 0.378 e. The first-order chi connectivity index (χ1) is 12.6. The summed E-state index contributed by atoms with van der Waals surface area (Å²) in [6.07, 6.45) is 2.09. The van der Waals surface area contributed by atoms with Gasteiger partial charge in [0.15, 0.2) is 0 Å². The molecule has 0 aliphatic heterocycles. The molecule has 0 bridgehead atoms. The number of benzene rings is 2. The van der Waals surface area contributed by atoms with E-state index in [9.17, 15) is 4.79 Å². The monoisotopic (exact) mass is 348 g/mol. The minimum Gasteiger partial charge on any atom is -0.378 e. The second kappa shape index (κ2) is 8.06. The predicted octanol–water partition coefficient (Wildman–Crippen LogP) is 2.27. The van der Waals surface area contributed by atoms with Crippen molar-refractivity contribution in [1.29, 1.82) is 0 Å². The van der Waals surface area contributed by atoms with Crippen molar-refractivity contribution in [2.45, 2.75) is 6.42 Å². The van der Waals surface area contributed by atoms with Gasteiger partial charge in [0.1, 0.15) is 5.69 Å². The molecule has 7 nitrogen and oxygen atoms in total. The van der Waals surface area contributed by atoms with Gasteiger partial charge >= 0.3 is 0 Å². The van der Waals surface area contributed by atoms with Gasteiger partial charge in [0.05, 0.1) is 6.21 Å². The zero-order valence-electron chi connectivity index (χ0n) is 14.7. The lowest BCUT2D eigenvalue weighted by Gasteiger charge is -2.11. The molecule has 1 aromatic heterocycles. The van der Waals surface area contributed by atoms with E-state index in [1.165, 1.54) is 0 Å². The van der Waals surface area contributed by atoms with Gasteiger partial charge in [0.25, 0.3) is 5.56 Å². The van der Waals surface area contributed by atoms with Gasteiger partial charge in [-0.3, -0.25) is 9.78 Å². The summed E-state index contributed by atoms with van der Waals surface area (Å²) in [5.41, 5.74) is 5.82. The van der Waals surface area contributed by atoms with Crippen LogP contribution in [0.2, 0.25) is 0 Å². The number of aromatic nitrogens is 3. The van der Waals surface area contributed by atoms with E-state index in [2.05, 4.69) is 25.7 Å². The van der Waals surface area contributed by atoms with Crippen molar-refractivity contribution in [2.24, 2.45) is 5.10 Å². The quantitative estimate of drug-likeness (QED) is 0.527. The number of nitrogens with zero attached hydrogens (tertiary/aromatic N) is 4. The van der Waals surface area contributed by atoms with Crippen LogP contribution in [0.3, 0.4) is 0 Å². The summed E-state index contributed by atoms with van der Waals surface area (Å²) in [6.45, 7) is 0. The van der Waals surface area contributed by atoms with Crippen LogP contribution >= 0.6 is 0 Å². The molecule has 0 aliphatic rings. The first-order valence-electron chi connectivity index (χ1n) is 8.18. The Labute approximate surface area is 151 Å². The first-order valence-corrected chi connectivity index (χ1v) is 8.18. The van der Waals surface area contributed by atoms with E-state index in [-0.39, 0.29) is 11.5 Å². The van der Waals surface area contributed by atoms with E-state index in [4.69, 9.17) is 0 Å². The van der Waals surface area contributed by atoms with E-state index >= 15 is 0 Å². The highest BCUT2D eigenvalue weighted by Crippen LogP contribution is 2.11. The van der Waals surface area contributed by atoms with Crippen molar-refractivity contribution in [3.05, 3.63) is 81.8 Å². The molecule has 0 amide bonds. The Kier molecular flexibility index (Phi) is 5.38. The summed E-state index contributed by atoms with van der Waals surface area (Å²) < 4.78 is 0. The van der Waals surface area contributed by atoms with E-state index in [0.717, 1.165) is 16.8 Å². The molecule has 1 heterocycles. The summed E-state index contributed by atoms with van der Waals surface area (Å²) in [6, 6.07) is 17.6. The van der Waals surface area contributed by atoms with Crippen LogP contribution < -0.4 is 15.9 Å². The highest BCUT2D eigenvalue weighted by Gasteiger charge is 2.05. The van der Waals surface area contributed by atoms with Gasteiger partial charge in [-0.05, 0) is 23.3 Å². The highest BCUT2D eigenvalue weighted by molar-refractivity contribution is 5.80. The van der Waals surface area contributed by atoms with Crippen LogP contribution in [0.4, 0.5) is 11.6 Å². The Hall–Kier alpha value is -3.48. The number of rotatable bonds is 6. The van der Waals surface area contributed by atoms with E-state index in [1.807, 2.05) is 73.6 Å². The Morgan fingerprint density at radius 2 is 1.81 bits per heavy atom. The Morgan fingerprint density at radius 3 is 2.46 bits per heavy atom. The smallest absolute Gasteiger partial charge is 0.274 e. The second-order valence-corrected chi connectivity index (χ2v) is 5.97. The SMILES string of the molecule is CN(C)c1ccc(/C=N/Nc2nnc(Cc3ccccc3)c(=O)[nH]2)cc1. The molecule has 0 radical (unpaired) electrons. The maximum absolute atomic E-state index is 12.1. The van der Waals surface area contributed by atoms with Gasteiger partial charge in [-0.2, -0.15) is 5.10 Å². The third kappa shape index (κ3) is 4.54. The van der Waals surface area contributed by atoms with Crippen LogP contribution in [-0.4, -0.2) is 35.5 Å². The number of anilines is 2. The molecule has 2 aromatic carbocycles. The third-order valence-electron chi connectivity index (χ3n) is 3.77. The number of aromatic amines is 1. The average molecular weight is 348 g/mol. The minimum atomic E-state index is -0.281. The topological polar surface area (TPSA) is 86.3 Å². The molecule has 7 heteroatoms. The lowest BCUT2D eigenvalue weighted by molar-refractivity contribution is 0.866. The average Bonchev–Trinajstić information content (AvgIpc) is 2.65. The van der Waals surface area contributed by atoms with E-state index in [1.54, 1.807) is 6.21 Å². The van der Waals surface area contributed by atoms with Gasteiger partial charge in [0, 0.05) is 26.2 Å². The molecular weight excluding hydrogens is 328 g/mol. The summed E-state index contributed by atoms with van der Waals surface area (Å²) in [7, 11) is 3.97. The van der Waals surface area contributed by atoms with E-state index < -0.39 is 0 Å². The van der Waals surface area contributed by atoms with Crippen molar-refractivity contribution in [3.8, 4) is 0 Å². The van der Waals surface area contributed by atoms with Crippen molar-refractivity contribution in [3.63, 3.8) is 0 Å². The molecule has 26 heavy (non-hydrogen) atoms. The minimum absolute atomic E-state index is 0.202. The van der Waals surface area contributed by atoms with Gasteiger partial charge in [-0.15, -0.1) is 10.2 Å². The molecule has 0 fully saturated rings. The van der Waals surface area contributed by atoms with Crippen LogP contribution in [0.15, 0.2) is 64.5 Å². The number of nitrogens with one attached hydrogen (secondary N) is 2. The molecule has 0 spiro atoms. The van der Waals surface area contributed by atoms with Crippen LogP contribution in [0.25, 0.3) is 0 Å². The van der Waals surface area contributed by atoms with Crippen LogP contribution in [0.1, 0.15) is 16.8 Å². The molecule has 2 N–H and O–H groups in total. The lowest BCUT2D eigenvalue weighted by Crippen LogP contribution is -2.18. The number of hydrazone groups is 1. The molecule has 0 unspecified atom stereocenters. The van der Waals surface area contributed by atoms with Crippen molar-refractivity contribution >= 4 is 17.9 Å². The molecule has 132 valence electrons. The Bertz CT molecular complexity index is 932. The van der Waals surface area contributed by atoms with Crippen molar-refractivity contribution < 1.29 is 0 Å². The second-order valence-electron chi connectivity index (χ2n) is 5.97. The first kappa shape index (κ1) is 17.3.